The van der Waals surface area contributed by atoms with Crippen LogP contribution in [0, 0.1) is 6.92 Å². The Hall–Kier alpha value is -3.12. The predicted octanol–water partition coefficient (Wildman–Crippen LogP) is 4.14. The van der Waals surface area contributed by atoms with E-state index in [2.05, 4.69) is 20.2 Å². The van der Waals surface area contributed by atoms with Gasteiger partial charge in [-0.3, -0.25) is 4.79 Å². The normalized spacial score (nSPS) is 14.0. The Bertz CT molecular complexity index is 1020. The molecule has 1 fully saturated rings. The number of nitrogens with zero attached hydrogens (tertiary/aromatic N) is 4. The first-order valence-electron chi connectivity index (χ1n) is 9.56. The number of hydrogen-bond donors (Lipinski definition) is 1. The lowest BCUT2D eigenvalue weighted by molar-refractivity contribution is 0.0745. The number of carbonyl (C=O) groups is 1. The van der Waals surface area contributed by atoms with Crippen LogP contribution in [-0.2, 0) is 0 Å². The Morgan fingerprint density at radius 2 is 1.72 bits per heavy atom. The highest BCUT2D eigenvalue weighted by Crippen LogP contribution is 2.24. The Morgan fingerprint density at radius 1 is 1.00 bits per heavy atom. The fourth-order valence-corrected chi connectivity index (χ4v) is 3.55. The minimum absolute atomic E-state index is 0.0813. The molecule has 1 aliphatic heterocycles. The van der Waals surface area contributed by atoms with Crippen LogP contribution in [0.4, 0.5) is 17.5 Å². The van der Waals surface area contributed by atoms with Crippen molar-refractivity contribution in [1.82, 2.24) is 14.9 Å². The van der Waals surface area contributed by atoms with Gasteiger partial charge >= 0.3 is 0 Å². The second kappa shape index (κ2) is 8.49. The van der Waals surface area contributed by atoms with E-state index in [1.807, 2.05) is 66.4 Å². The molecular formula is C22H22ClN5O. The lowest BCUT2D eigenvalue weighted by atomic mass is 10.1. The van der Waals surface area contributed by atoms with Crippen LogP contribution in [0.25, 0.3) is 0 Å². The van der Waals surface area contributed by atoms with E-state index < -0.39 is 0 Å². The number of aryl methyl sites for hydroxylation is 1. The average Bonchev–Trinajstić information content (AvgIpc) is 2.76. The maximum absolute atomic E-state index is 12.8. The van der Waals surface area contributed by atoms with Crippen molar-refractivity contribution in [3.05, 3.63) is 76.9 Å². The number of nitrogens with one attached hydrogen (secondary N) is 1. The molecule has 4 rings (SSSR count). The maximum atomic E-state index is 12.8. The van der Waals surface area contributed by atoms with Crippen LogP contribution < -0.4 is 10.2 Å². The first kappa shape index (κ1) is 19.2. The maximum Gasteiger partial charge on any atom is 0.254 e. The summed E-state index contributed by atoms with van der Waals surface area (Å²) in [6, 6.07) is 17.1. The van der Waals surface area contributed by atoms with E-state index >= 15 is 0 Å². The van der Waals surface area contributed by atoms with Crippen LogP contribution in [0.1, 0.15) is 15.9 Å². The molecule has 0 saturated carbocycles. The van der Waals surface area contributed by atoms with Crippen molar-refractivity contribution >= 4 is 35.0 Å². The number of amides is 1. The molecule has 2 heterocycles. The van der Waals surface area contributed by atoms with E-state index in [0.29, 0.717) is 43.0 Å². The SMILES string of the molecule is Cc1ccccc1C(=O)N1CCN(c2nccc(Nc3ccccc3Cl)n2)CC1. The van der Waals surface area contributed by atoms with Crippen LogP contribution >= 0.6 is 11.6 Å². The molecule has 1 N–H and O–H groups in total. The number of anilines is 3. The van der Waals surface area contributed by atoms with E-state index in [-0.39, 0.29) is 5.91 Å². The molecule has 2 aromatic carbocycles. The quantitative estimate of drug-likeness (QED) is 0.704. The number of hydrogen-bond acceptors (Lipinski definition) is 5. The first-order chi connectivity index (χ1) is 14.1. The Morgan fingerprint density at radius 3 is 2.48 bits per heavy atom. The van der Waals surface area contributed by atoms with E-state index in [4.69, 9.17) is 11.6 Å². The molecule has 0 bridgehead atoms. The lowest BCUT2D eigenvalue weighted by Gasteiger charge is -2.35. The zero-order chi connectivity index (χ0) is 20.2. The van der Waals surface area contributed by atoms with Crippen LogP contribution in [-0.4, -0.2) is 47.0 Å². The third kappa shape index (κ3) is 4.32. The van der Waals surface area contributed by atoms with Gasteiger partial charge in [0, 0.05) is 37.9 Å². The number of rotatable bonds is 4. The van der Waals surface area contributed by atoms with Gasteiger partial charge in [0.05, 0.1) is 10.7 Å². The fraction of sp³-hybridized carbons (Fsp3) is 0.227. The summed E-state index contributed by atoms with van der Waals surface area (Å²) in [5.41, 5.74) is 2.57. The fourth-order valence-electron chi connectivity index (χ4n) is 3.36. The molecule has 1 aliphatic rings. The summed E-state index contributed by atoms with van der Waals surface area (Å²) in [6.07, 6.45) is 1.73. The summed E-state index contributed by atoms with van der Waals surface area (Å²) in [5, 5.41) is 3.87. The van der Waals surface area contributed by atoms with E-state index in [0.717, 1.165) is 16.8 Å². The van der Waals surface area contributed by atoms with Gasteiger partial charge in [-0.05, 0) is 36.8 Å². The number of carbonyl (C=O) groups excluding carboxylic acids is 1. The van der Waals surface area contributed by atoms with Crippen LogP contribution in [0.5, 0.6) is 0 Å². The van der Waals surface area contributed by atoms with Gasteiger partial charge in [-0.25, -0.2) is 4.98 Å². The summed E-state index contributed by atoms with van der Waals surface area (Å²) >= 11 is 6.22. The van der Waals surface area contributed by atoms with Gasteiger partial charge in [-0.2, -0.15) is 4.98 Å². The summed E-state index contributed by atoms with van der Waals surface area (Å²) in [4.78, 5) is 25.8. The molecule has 1 saturated heterocycles. The topological polar surface area (TPSA) is 61.4 Å². The number of halogens is 1. The third-order valence-electron chi connectivity index (χ3n) is 5.00. The highest BCUT2D eigenvalue weighted by molar-refractivity contribution is 6.33. The van der Waals surface area contributed by atoms with Gasteiger partial charge in [0.1, 0.15) is 5.82 Å². The molecule has 0 radical (unpaired) electrons. The van der Waals surface area contributed by atoms with Gasteiger partial charge in [-0.15, -0.1) is 0 Å². The van der Waals surface area contributed by atoms with Crippen LogP contribution in [0.3, 0.4) is 0 Å². The molecular weight excluding hydrogens is 386 g/mol. The number of aromatic nitrogens is 2. The Kier molecular flexibility index (Phi) is 5.62. The molecule has 29 heavy (non-hydrogen) atoms. The lowest BCUT2D eigenvalue weighted by Crippen LogP contribution is -2.49. The second-order valence-corrected chi connectivity index (χ2v) is 7.35. The highest BCUT2D eigenvalue weighted by Gasteiger charge is 2.24. The minimum Gasteiger partial charge on any atom is -0.339 e. The summed E-state index contributed by atoms with van der Waals surface area (Å²) in [7, 11) is 0. The Labute approximate surface area is 175 Å². The molecule has 1 amide bonds. The van der Waals surface area contributed by atoms with Crippen LogP contribution in [0.2, 0.25) is 5.02 Å². The molecule has 148 valence electrons. The van der Waals surface area contributed by atoms with Crippen molar-refractivity contribution in [2.24, 2.45) is 0 Å². The van der Waals surface area contributed by atoms with Crippen molar-refractivity contribution in [3.8, 4) is 0 Å². The standard InChI is InChI=1S/C22H22ClN5O/c1-16-6-2-3-7-17(16)21(29)27-12-14-28(15-13-27)22-24-11-10-20(26-22)25-19-9-5-4-8-18(19)23/h2-11H,12-15H2,1H3,(H,24,25,26). The third-order valence-corrected chi connectivity index (χ3v) is 5.33. The average molecular weight is 408 g/mol. The summed E-state index contributed by atoms with van der Waals surface area (Å²) < 4.78 is 0. The van der Waals surface area contributed by atoms with Gasteiger partial charge in [0.15, 0.2) is 0 Å². The summed E-state index contributed by atoms with van der Waals surface area (Å²) in [6.45, 7) is 4.62. The van der Waals surface area contributed by atoms with Gasteiger partial charge in [0.2, 0.25) is 5.95 Å². The highest BCUT2D eigenvalue weighted by atomic mass is 35.5. The predicted molar refractivity (Wildman–Crippen MR) is 116 cm³/mol. The van der Waals surface area contributed by atoms with E-state index in [1.54, 1.807) is 6.20 Å². The molecule has 0 aliphatic carbocycles. The molecule has 0 unspecified atom stereocenters. The van der Waals surface area contributed by atoms with Crippen molar-refractivity contribution in [2.75, 3.05) is 36.4 Å². The van der Waals surface area contributed by atoms with Gasteiger partial charge in [0.25, 0.3) is 5.91 Å². The molecule has 0 spiro atoms. The Balaban J connectivity index is 1.42. The van der Waals surface area contributed by atoms with Gasteiger partial charge < -0.3 is 15.1 Å². The monoisotopic (exact) mass is 407 g/mol. The molecule has 7 heteroatoms. The number of benzene rings is 2. The zero-order valence-electron chi connectivity index (χ0n) is 16.2. The largest absolute Gasteiger partial charge is 0.339 e. The molecule has 1 aromatic heterocycles. The second-order valence-electron chi connectivity index (χ2n) is 6.94. The first-order valence-corrected chi connectivity index (χ1v) is 9.94. The van der Waals surface area contributed by atoms with E-state index in [9.17, 15) is 4.79 Å². The molecule has 6 nitrogen and oxygen atoms in total. The van der Waals surface area contributed by atoms with Crippen LogP contribution in [0.15, 0.2) is 60.8 Å². The summed E-state index contributed by atoms with van der Waals surface area (Å²) in [5.74, 6) is 1.41. The minimum atomic E-state index is 0.0813. The van der Waals surface area contributed by atoms with Crippen molar-refractivity contribution < 1.29 is 4.79 Å². The molecule has 3 aromatic rings. The smallest absolute Gasteiger partial charge is 0.254 e. The molecule has 0 atom stereocenters. The van der Waals surface area contributed by atoms with Crippen molar-refractivity contribution in [2.45, 2.75) is 6.92 Å². The number of piperazine rings is 1. The van der Waals surface area contributed by atoms with Gasteiger partial charge in [-0.1, -0.05) is 41.9 Å². The van der Waals surface area contributed by atoms with Crippen molar-refractivity contribution in [3.63, 3.8) is 0 Å². The number of para-hydroxylation sites is 1. The van der Waals surface area contributed by atoms with E-state index in [1.165, 1.54) is 0 Å². The van der Waals surface area contributed by atoms with Crippen molar-refractivity contribution in [1.29, 1.82) is 0 Å². The zero-order valence-corrected chi connectivity index (χ0v) is 16.9.